The molecule has 0 spiro atoms. The van der Waals surface area contributed by atoms with E-state index in [-0.39, 0.29) is 25.0 Å². The summed E-state index contributed by atoms with van der Waals surface area (Å²) in [6, 6.07) is 0. The first-order chi connectivity index (χ1) is 8.90. The minimum absolute atomic E-state index is 0.161. The Morgan fingerprint density at radius 2 is 2.16 bits per heavy atom. The molecule has 6 nitrogen and oxygen atoms in total. The number of hydrogen-bond donors (Lipinski definition) is 3. The van der Waals surface area contributed by atoms with E-state index in [0.29, 0.717) is 6.42 Å². The number of carbonyl (C=O) groups excluding carboxylic acids is 1. The van der Waals surface area contributed by atoms with Gasteiger partial charge in [0.2, 0.25) is 5.91 Å². The Morgan fingerprint density at radius 3 is 2.58 bits per heavy atom. The van der Waals surface area contributed by atoms with Crippen molar-refractivity contribution in [1.82, 2.24) is 5.32 Å². The number of aliphatic hydroxyl groups is 2. The smallest absolute Gasteiger partial charge is 0.217 e. The van der Waals surface area contributed by atoms with Crippen molar-refractivity contribution >= 4 is 5.91 Å². The highest BCUT2D eigenvalue weighted by molar-refractivity contribution is 5.74. The van der Waals surface area contributed by atoms with Gasteiger partial charge in [0.25, 0.3) is 0 Å². The van der Waals surface area contributed by atoms with Gasteiger partial charge in [0, 0.05) is 20.0 Å². The zero-order valence-corrected chi connectivity index (χ0v) is 12.0. The molecular formula is C13H25NO5. The maximum absolute atomic E-state index is 11.4. The number of rotatable bonds is 5. The maximum Gasteiger partial charge on any atom is 0.217 e. The summed E-state index contributed by atoms with van der Waals surface area (Å²) in [6.45, 7) is 5.15. The van der Waals surface area contributed by atoms with Crippen molar-refractivity contribution in [2.45, 2.75) is 51.0 Å². The molecule has 1 saturated heterocycles. The van der Waals surface area contributed by atoms with Crippen LogP contribution in [-0.2, 0) is 14.3 Å². The van der Waals surface area contributed by atoms with Crippen molar-refractivity contribution in [2.24, 2.45) is 5.92 Å². The van der Waals surface area contributed by atoms with Crippen molar-refractivity contribution in [3.63, 3.8) is 0 Å². The zero-order valence-electron chi connectivity index (χ0n) is 12.0. The second-order valence-electron chi connectivity index (χ2n) is 5.28. The van der Waals surface area contributed by atoms with Gasteiger partial charge in [0.1, 0.15) is 6.10 Å². The number of hydrogen-bond acceptors (Lipinski definition) is 5. The summed E-state index contributed by atoms with van der Waals surface area (Å²) < 4.78 is 10.9. The van der Waals surface area contributed by atoms with Crippen molar-refractivity contribution in [1.29, 1.82) is 0 Å². The first-order valence-electron chi connectivity index (χ1n) is 6.62. The molecule has 1 aliphatic rings. The molecule has 112 valence electrons. The van der Waals surface area contributed by atoms with Crippen LogP contribution in [0.1, 0.15) is 27.2 Å². The Balaban J connectivity index is 3.03. The van der Waals surface area contributed by atoms with Crippen molar-refractivity contribution in [3.05, 3.63) is 0 Å². The average Bonchev–Trinajstić information content (AvgIpc) is 2.34. The predicted octanol–water partition coefficient (Wildman–Crippen LogP) is -0.326. The van der Waals surface area contributed by atoms with Gasteiger partial charge < -0.3 is 25.0 Å². The molecule has 1 amide bonds. The monoisotopic (exact) mass is 275 g/mol. The molecule has 1 aliphatic heterocycles. The van der Waals surface area contributed by atoms with Gasteiger partial charge in [-0.1, -0.05) is 6.92 Å². The molecule has 19 heavy (non-hydrogen) atoms. The SMILES string of the molecule is CCC1C(CO)OC(COC)C(C)(NC(C)=O)C1O. The molecule has 0 aromatic rings. The van der Waals surface area contributed by atoms with Crippen LogP contribution < -0.4 is 5.32 Å². The maximum atomic E-state index is 11.4. The van der Waals surface area contributed by atoms with Crippen LogP contribution in [0.4, 0.5) is 0 Å². The second-order valence-corrected chi connectivity index (χ2v) is 5.28. The average molecular weight is 275 g/mol. The van der Waals surface area contributed by atoms with Crippen LogP contribution in [-0.4, -0.2) is 60.3 Å². The Labute approximate surface area is 114 Å². The molecule has 0 aromatic heterocycles. The molecule has 0 aromatic carbocycles. The summed E-state index contributed by atoms with van der Waals surface area (Å²) >= 11 is 0. The van der Waals surface area contributed by atoms with E-state index in [1.54, 1.807) is 6.92 Å². The third kappa shape index (κ3) is 3.25. The van der Waals surface area contributed by atoms with Crippen molar-refractivity contribution in [2.75, 3.05) is 20.3 Å². The van der Waals surface area contributed by atoms with Gasteiger partial charge in [-0.15, -0.1) is 0 Å². The van der Waals surface area contributed by atoms with Gasteiger partial charge in [-0.3, -0.25) is 4.79 Å². The molecule has 5 atom stereocenters. The minimum Gasteiger partial charge on any atom is -0.394 e. The summed E-state index contributed by atoms with van der Waals surface area (Å²) in [5, 5.41) is 22.7. The normalized spacial score (nSPS) is 39.1. The van der Waals surface area contributed by atoms with Gasteiger partial charge in [0.15, 0.2) is 0 Å². The molecule has 1 heterocycles. The van der Waals surface area contributed by atoms with E-state index in [9.17, 15) is 15.0 Å². The first-order valence-corrected chi connectivity index (χ1v) is 6.62. The van der Waals surface area contributed by atoms with E-state index < -0.39 is 23.9 Å². The van der Waals surface area contributed by atoms with Gasteiger partial charge >= 0.3 is 0 Å². The Bertz CT molecular complexity index is 307. The van der Waals surface area contributed by atoms with E-state index in [2.05, 4.69) is 5.32 Å². The number of amides is 1. The molecular weight excluding hydrogens is 250 g/mol. The standard InChI is InChI=1S/C13H25NO5/c1-5-9-10(6-15)19-11(7-18-4)13(3,12(9)17)14-8(2)16/h9-12,15,17H,5-7H2,1-4H3,(H,14,16). The lowest BCUT2D eigenvalue weighted by Crippen LogP contribution is -2.70. The third-order valence-corrected chi connectivity index (χ3v) is 3.92. The largest absolute Gasteiger partial charge is 0.394 e. The molecule has 1 rings (SSSR count). The van der Waals surface area contributed by atoms with Crippen LogP contribution in [0.3, 0.4) is 0 Å². The predicted molar refractivity (Wildman–Crippen MR) is 69.6 cm³/mol. The van der Waals surface area contributed by atoms with Crippen LogP contribution in [0.25, 0.3) is 0 Å². The van der Waals surface area contributed by atoms with Crippen LogP contribution >= 0.6 is 0 Å². The lowest BCUT2D eigenvalue weighted by Gasteiger charge is -2.51. The molecule has 6 heteroatoms. The lowest BCUT2D eigenvalue weighted by atomic mass is 9.75. The summed E-state index contributed by atoms with van der Waals surface area (Å²) in [5.41, 5.74) is -0.922. The summed E-state index contributed by atoms with van der Waals surface area (Å²) in [6.07, 6.45) is -1.09. The van der Waals surface area contributed by atoms with Crippen LogP contribution in [0.2, 0.25) is 0 Å². The van der Waals surface area contributed by atoms with Crippen LogP contribution in [0, 0.1) is 5.92 Å². The van der Waals surface area contributed by atoms with Crippen molar-refractivity contribution in [3.8, 4) is 0 Å². The Morgan fingerprint density at radius 1 is 1.53 bits per heavy atom. The van der Waals surface area contributed by atoms with Crippen LogP contribution in [0.15, 0.2) is 0 Å². The highest BCUT2D eigenvalue weighted by Crippen LogP contribution is 2.35. The molecule has 0 radical (unpaired) electrons. The topological polar surface area (TPSA) is 88.0 Å². The van der Waals surface area contributed by atoms with E-state index >= 15 is 0 Å². The summed E-state index contributed by atoms with van der Waals surface area (Å²) in [4.78, 5) is 11.4. The molecule has 0 bridgehead atoms. The van der Waals surface area contributed by atoms with Crippen molar-refractivity contribution < 1.29 is 24.5 Å². The van der Waals surface area contributed by atoms with E-state index in [1.165, 1.54) is 14.0 Å². The second kappa shape index (κ2) is 6.65. The quantitative estimate of drug-likeness (QED) is 0.640. The third-order valence-electron chi connectivity index (χ3n) is 3.92. The highest BCUT2D eigenvalue weighted by Gasteiger charge is 2.52. The molecule has 3 N–H and O–H groups in total. The fourth-order valence-corrected chi connectivity index (χ4v) is 2.85. The van der Waals surface area contributed by atoms with Gasteiger partial charge in [0.05, 0.1) is 31.0 Å². The number of methoxy groups -OCH3 is 1. The Kier molecular flexibility index (Phi) is 5.73. The minimum atomic E-state index is -0.922. The summed E-state index contributed by atoms with van der Waals surface area (Å²) in [7, 11) is 1.53. The highest BCUT2D eigenvalue weighted by atomic mass is 16.5. The molecule has 0 saturated carbocycles. The lowest BCUT2D eigenvalue weighted by molar-refractivity contribution is -0.210. The number of carbonyl (C=O) groups is 1. The van der Waals surface area contributed by atoms with Gasteiger partial charge in [-0.25, -0.2) is 0 Å². The van der Waals surface area contributed by atoms with Crippen LogP contribution in [0.5, 0.6) is 0 Å². The number of ether oxygens (including phenoxy) is 2. The Hall–Kier alpha value is -0.690. The van der Waals surface area contributed by atoms with Gasteiger partial charge in [-0.05, 0) is 13.3 Å². The molecule has 0 aliphatic carbocycles. The van der Waals surface area contributed by atoms with Gasteiger partial charge in [-0.2, -0.15) is 0 Å². The summed E-state index contributed by atoms with van der Waals surface area (Å²) in [5.74, 6) is -0.460. The van der Waals surface area contributed by atoms with E-state index in [0.717, 1.165) is 0 Å². The van der Waals surface area contributed by atoms with E-state index in [1.807, 2.05) is 6.92 Å². The number of nitrogens with one attached hydrogen (secondary N) is 1. The zero-order chi connectivity index (χ0) is 14.6. The number of aliphatic hydroxyl groups excluding tert-OH is 2. The molecule has 1 fully saturated rings. The fraction of sp³-hybridized carbons (Fsp3) is 0.923. The first kappa shape index (κ1) is 16.4. The molecule has 5 unspecified atom stereocenters. The van der Waals surface area contributed by atoms with E-state index in [4.69, 9.17) is 9.47 Å². The fourth-order valence-electron chi connectivity index (χ4n) is 2.85.